The number of hydrogen-bond donors (Lipinski definition) is 3. The minimum absolute atomic E-state index is 0.187. The van der Waals surface area contributed by atoms with Crippen LogP contribution in [0, 0.1) is 0 Å². The summed E-state index contributed by atoms with van der Waals surface area (Å²) in [6.07, 6.45) is 0.374. The van der Waals surface area contributed by atoms with Crippen LogP contribution in [0.25, 0.3) is 21.9 Å². The minimum Gasteiger partial charge on any atom is -0.497 e. The van der Waals surface area contributed by atoms with Crippen LogP contribution in [0.3, 0.4) is 0 Å². The van der Waals surface area contributed by atoms with Crippen molar-refractivity contribution < 1.29 is 24.8 Å². The standard InChI is InChI=1S/C26H31NO5/c1-31-21-8-6-19(7-9-21)22-10-11-25(24-5-3-2-4-23(22)24)32-17-20(29)16-27-14-12-26(30,18-28)13-15-27/h2-11,20,28-30H,12-18H2,1H3. The SMILES string of the molecule is COc1ccc(-c2ccc(OCC(O)CN3CCC(O)(CO)CC3)c3ccccc23)cc1. The molecule has 1 fully saturated rings. The quantitative estimate of drug-likeness (QED) is 0.503. The van der Waals surface area contributed by atoms with Crippen LogP contribution in [0.4, 0.5) is 0 Å². The van der Waals surface area contributed by atoms with Crippen LogP contribution in [0.2, 0.25) is 0 Å². The molecule has 0 saturated carbocycles. The van der Waals surface area contributed by atoms with Crippen molar-refractivity contribution in [2.24, 2.45) is 0 Å². The van der Waals surface area contributed by atoms with Crippen LogP contribution in [-0.2, 0) is 0 Å². The molecule has 6 nitrogen and oxygen atoms in total. The van der Waals surface area contributed by atoms with Crippen molar-refractivity contribution >= 4 is 10.8 Å². The number of hydrogen-bond acceptors (Lipinski definition) is 6. The molecule has 3 aromatic rings. The number of ether oxygens (including phenoxy) is 2. The maximum absolute atomic E-state index is 10.5. The van der Waals surface area contributed by atoms with Gasteiger partial charge in [-0.25, -0.2) is 0 Å². The summed E-state index contributed by atoms with van der Waals surface area (Å²) in [5, 5.41) is 32.0. The molecule has 32 heavy (non-hydrogen) atoms. The smallest absolute Gasteiger partial charge is 0.127 e. The molecule has 1 atom stereocenters. The Morgan fingerprint density at radius 1 is 0.969 bits per heavy atom. The lowest BCUT2D eigenvalue weighted by Gasteiger charge is -2.37. The normalized spacial score (nSPS) is 17.2. The van der Waals surface area contributed by atoms with E-state index in [1.54, 1.807) is 7.11 Å². The van der Waals surface area contributed by atoms with Gasteiger partial charge in [0.05, 0.1) is 19.3 Å². The number of rotatable bonds is 8. The van der Waals surface area contributed by atoms with E-state index in [2.05, 4.69) is 11.0 Å². The zero-order valence-electron chi connectivity index (χ0n) is 18.4. The number of piperidine rings is 1. The van der Waals surface area contributed by atoms with E-state index in [-0.39, 0.29) is 13.2 Å². The van der Waals surface area contributed by atoms with E-state index in [0.29, 0.717) is 32.5 Å². The van der Waals surface area contributed by atoms with E-state index in [1.165, 1.54) is 0 Å². The van der Waals surface area contributed by atoms with Crippen LogP contribution >= 0.6 is 0 Å². The number of fused-ring (bicyclic) bond motifs is 1. The number of likely N-dealkylation sites (tertiary alicyclic amines) is 1. The lowest BCUT2D eigenvalue weighted by molar-refractivity contribution is -0.0656. The maximum Gasteiger partial charge on any atom is 0.127 e. The van der Waals surface area contributed by atoms with Crippen LogP contribution in [0.5, 0.6) is 11.5 Å². The molecule has 3 aromatic carbocycles. The lowest BCUT2D eigenvalue weighted by Crippen LogP contribution is -2.48. The molecule has 3 N–H and O–H groups in total. The van der Waals surface area contributed by atoms with Crippen molar-refractivity contribution in [3.05, 3.63) is 60.7 Å². The highest BCUT2D eigenvalue weighted by Gasteiger charge is 2.32. The first-order chi connectivity index (χ1) is 15.5. The summed E-state index contributed by atoms with van der Waals surface area (Å²) in [6, 6.07) is 20.1. The monoisotopic (exact) mass is 437 g/mol. The molecule has 1 aliphatic heterocycles. The van der Waals surface area contributed by atoms with Gasteiger partial charge in [0.2, 0.25) is 0 Å². The second-order valence-corrected chi connectivity index (χ2v) is 8.53. The summed E-state index contributed by atoms with van der Waals surface area (Å²) in [7, 11) is 1.66. The molecule has 1 saturated heterocycles. The van der Waals surface area contributed by atoms with Crippen molar-refractivity contribution in [3.8, 4) is 22.6 Å². The minimum atomic E-state index is -0.984. The first-order valence-corrected chi connectivity index (χ1v) is 11.0. The highest BCUT2D eigenvalue weighted by Crippen LogP contribution is 2.35. The first-order valence-electron chi connectivity index (χ1n) is 11.0. The fourth-order valence-corrected chi connectivity index (χ4v) is 4.27. The van der Waals surface area contributed by atoms with Gasteiger partial charge < -0.3 is 29.7 Å². The van der Waals surface area contributed by atoms with Gasteiger partial charge in [0.25, 0.3) is 0 Å². The van der Waals surface area contributed by atoms with Crippen LogP contribution in [0.15, 0.2) is 60.7 Å². The first kappa shape index (κ1) is 22.6. The van der Waals surface area contributed by atoms with Gasteiger partial charge in [-0.2, -0.15) is 0 Å². The van der Waals surface area contributed by atoms with Crippen LogP contribution in [-0.4, -0.2) is 71.9 Å². The van der Waals surface area contributed by atoms with E-state index in [4.69, 9.17) is 9.47 Å². The summed E-state index contributed by atoms with van der Waals surface area (Å²) in [6.45, 7) is 1.74. The molecular formula is C26H31NO5. The van der Waals surface area contributed by atoms with Gasteiger partial charge in [0.15, 0.2) is 0 Å². The fourth-order valence-electron chi connectivity index (χ4n) is 4.27. The molecule has 0 amide bonds. The number of benzene rings is 3. The molecule has 6 heteroatoms. The molecular weight excluding hydrogens is 406 g/mol. The molecule has 1 heterocycles. The third kappa shape index (κ3) is 5.05. The van der Waals surface area contributed by atoms with Crippen LogP contribution < -0.4 is 9.47 Å². The van der Waals surface area contributed by atoms with Gasteiger partial charge in [0, 0.05) is 25.0 Å². The van der Waals surface area contributed by atoms with Gasteiger partial charge >= 0.3 is 0 Å². The maximum atomic E-state index is 10.5. The number of methoxy groups -OCH3 is 1. The predicted molar refractivity (Wildman–Crippen MR) is 125 cm³/mol. The highest BCUT2D eigenvalue weighted by molar-refractivity contribution is 6.00. The number of β-amino-alcohol motifs (C(OH)–C–C–N with tert-alkyl or cyclic N) is 1. The largest absolute Gasteiger partial charge is 0.497 e. The predicted octanol–water partition coefficient (Wildman–Crippen LogP) is 3.07. The van der Waals surface area contributed by atoms with Crippen molar-refractivity contribution in [3.63, 3.8) is 0 Å². The third-order valence-electron chi connectivity index (χ3n) is 6.27. The van der Waals surface area contributed by atoms with E-state index >= 15 is 0 Å². The van der Waals surface area contributed by atoms with Crippen molar-refractivity contribution in [1.29, 1.82) is 0 Å². The van der Waals surface area contributed by atoms with Gasteiger partial charge in [0.1, 0.15) is 24.2 Å². The number of aliphatic hydroxyl groups excluding tert-OH is 2. The Labute approximate surface area is 188 Å². The molecule has 0 bridgehead atoms. The highest BCUT2D eigenvalue weighted by atomic mass is 16.5. The van der Waals surface area contributed by atoms with E-state index in [0.717, 1.165) is 33.4 Å². The van der Waals surface area contributed by atoms with Gasteiger partial charge in [-0.1, -0.05) is 42.5 Å². The second-order valence-electron chi connectivity index (χ2n) is 8.53. The van der Waals surface area contributed by atoms with Crippen molar-refractivity contribution in [1.82, 2.24) is 4.90 Å². The van der Waals surface area contributed by atoms with Crippen molar-refractivity contribution in [2.75, 3.05) is 40.0 Å². The third-order valence-corrected chi connectivity index (χ3v) is 6.27. The number of aliphatic hydroxyl groups is 3. The second kappa shape index (κ2) is 9.88. The molecule has 1 aliphatic rings. The van der Waals surface area contributed by atoms with Gasteiger partial charge in [-0.15, -0.1) is 0 Å². The Balaban J connectivity index is 1.43. The van der Waals surface area contributed by atoms with E-state index < -0.39 is 11.7 Å². The van der Waals surface area contributed by atoms with Gasteiger partial charge in [-0.3, -0.25) is 0 Å². The average Bonchev–Trinajstić information content (AvgIpc) is 2.84. The summed E-state index contributed by atoms with van der Waals surface area (Å²) < 4.78 is 11.3. The summed E-state index contributed by atoms with van der Waals surface area (Å²) >= 11 is 0. The van der Waals surface area contributed by atoms with Crippen LogP contribution in [0.1, 0.15) is 12.8 Å². The Hall–Kier alpha value is -2.64. The summed E-state index contributed by atoms with van der Waals surface area (Å²) in [4.78, 5) is 2.10. The Bertz CT molecular complexity index is 1030. The van der Waals surface area contributed by atoms with Crippen molar-refractivity contribution in [2.45, 2.75) is 24.5 Å². The Kier molecular flexibility index (Phi) is 6.96. The molecule has 0 aliphatic carbocycles. The molecule has 0 aromatic heterocycles. The Morgan fingerprint density at radius 2 is 1.66 bits per heavy atom. The van der Waals surface area contributed by atoms with E-state index in [1.807, 2.05) is 54.6 Å². The number of nitrogens with zero attached hydrogens (tertiary/aromatic N) is 1. The zero-order chi connectivity index (χ0) is 22.6. The zero-order valence-corrected chi connectivity index (χ0v) is 18.4. The molecule has 4 rings (SSSR count). The van der Waals surface area contributed by atoms with Gasteiger partial charge in [-0.05, 0) is 47.6 Å². The molecule has 1 unspecified atom stereocenters. The molecule has 170 valence electrons. The summed E-state index contributed by atoms with van der Waals surface area (Å²) in [5.41, 5.74) is 1.23. The van der Waals surface area contributed by atoms with E-state index in [9.17, 15) is 15.3 Å². The average molecular weight is 438 g/mol. The molecule has 0 radical (unpaired) electrons. The summed E-state index contributed by atoms with van der Waals surface area (Å²) in [5.74, 6) is 1.56. The molecule has 0 spiro atoms. The topological polar surface area (TPSA) is 82.4 Å². The lowest BCUT2D eigenvalue weighted by atomic mass is 9.92. The fraction of sp³-hybridized carbons (Fsp3) is 0.385. The Morgan fingerprint density at radius 3 is 2.31 bits per heavy atom.